The average Bonchev–Trinajstić information content (AvgIpc) is 2.48. The molecule has 2 aromatic rings. The second-order valence-electron chi connectivity index (χ2n) is 4.91. The summed E-state index contributed by atoms with van der Waals surface area (Å²) in [6.45, 7) is 7.08. The SMILES string of the molecule is CCNC(Cc1ccc(CC)cn1)c1cnc(C)cn1. The van der Waals surface area contributed by atoms with Gasteiger partial charge in [0.1, 0.15) is 0 Å². The van der Waals surface area contributed by atoms with Crippen LogP contribution in [0.15, 0.2) is 30.7 Å². The van der Waals surface area contributed by atoms with Crippen LogP contribution < -0.4 is 5.32 Å². The standard InChI is InChI=1S/C16H22N4/c1-4-13-6-7-14(19-10-13)8-15(17-5-2)16-11-18-12(3)9-20-16/h6-7,9-11,15,17H,4-5,8H2,1-3H3. The Labute approximate surface area is 120 Å². The van der Waals surface area contributed by atoms with Crippen LogP contribution in [0.2, 0.25) is 0 Å². The van der Waals surface area contributed by atoms with Gasteiger partial charge in [0.05, 0.1) is 23.6 Å². The van der Waals surface area contributed by atoms with Crippen LogP contribution in [0.3, 0.4) is 0 Å². The summed E-state index contributed by atoms with van der Waals surface area (Å²) in [5.41, 5.74) is 4.26. The van der Waals surface area contributed by atoms with E-state index >= 15 is 0 Å². The molecule has 0 radical (unpaired) electrons. The number of nitrogens with zero attached hydrogens (tertiary/aromatic N) is 3. The number of likely N-dealkylation sites (N-methyl/N-ethyl adjacent to an activating group) is 1. The topological polar surface area (TPSA) is 50.7 Å². The Morgan fingerprint density at radius 3 is 2.45 bits per heavy atom. The van der Waals surface area contributed by atoms with Gasteiger partial charge in [-0.1, -0.05) is 19.9 Å². The molecular weight excluding hydrogens is 248 g/mol. The number of pyridine rings is 1. The van der Waals surface area contributed by atoms with Gasteiger partial charge in [-0.2, -0.15) is 0 Å². The van der Waals surface area contributed by atoms with Gasteiger partial charge in [0, 0.05) is 24.5 Å². The van der Waals surface area contributed by atoms with Crippen LogP contribution in [0.4, 0.5) is 0 Å². The maximum Gasteiger partial charge on any atom is 0.0760 e. The molecule has 0 fully saturated rings. The smallest absolute Gasteiger partial charge is 0.0760 e. The fraction of sp³-hybridized carbons (Fsp3) is 0.438. The largest absolute Gasteiger partial charge is 0.309 e. The third kappa shape index (κ3) is 3.84. The molecule has 20 heavy (non-hydrogen) atoms. The third-order valence-electron chi connectivity index (χ3n) is 3.32. The van der Waals surface area contributed by atoms with Crippen molar-refractivity contribution in [3.63, 3.8) is 0 Å². The first-order valence-electron chi connectivity index (χ1n) is 7.18. The van der Waals surface area contributed by atoms with Crippen molar-refractivity contribution >= 4 is 0 Å². The monoisotopic (exact) mass is 270 g/mol. The van der Waals surface area contributed by atoms with E-state index in [-0.39, 0.29) is 6.04 Å². The quantitative estimate of drug-likeness (QED) is 0.876. The number of aryl methyl sites for hydroxylation is 2. The number of hydrogen-bond donors (Lipinski definition) is 1. The van der Waals surface area contributed by atoms with E-state index in [9.17, 15) is 0 Å². The molecule has 0 aliphatic rings. The summed E-state index contributed by atoms with van der Waals surface area (Å²) in [7, 11) is 0. The van der Waals surface area contributed by atoms with Gasteiger partial charge < -0.3 is 5.32 Å². The first-order chi connectivity index (χ1) is 9.72. The fourth-order valence-corrected chi connectivity index (χ4v) is 2.10. The molecule has 0 amide bonds. The number of nitrogens with one attached hydrogen (secondary N) is 1. The average molecular weight is 270 g/mol. The van der Waals surface area contributed by atoms with Gasteiger partial charge in [0.15, 0.2) is 0 Å². The molecule has 0 spiro atoms. The van der Waals surface area contributed by atoms with Crippen LogP contribution in [0.25, 0.3) is 0 Å². The maximum atomic E-state index is 4.53. The molecular formula is C16H22N4. The second kappa shape index (κ2) is 7.10. The lowest BCUT2D eigenvalue weighted by molar-refractivity contribution is 0.528. The highest BCUT2D eigenvalue weighted by Crippen LogP contribution is 2.15. The summed E-state index contributed by atoms with van der Waals surface area (Å²) >= 11 is 0. The van der Waals surface area contributed by atoms with Crippen molar-refractivity contribution < 1.29 is 0 Å². The van der Waals surface area contributed by atoms with Gasteiger partial charge in [-0.05, 0) is 31.5 Å². The van der Waals surface area contributed by atoms with Crippen molar-refractivity contribution in [2.75, 3.05) is 6.54 Å². The maximum absolute atomic E-state index is 4.53. The van der Waals surface area contributed by atoms with Crippen molar-refractivity contribution in [3.8, 4) is 0 Å². The van der Waals surface area contributed by atoms with Gasteiger partial charge in [-0.15, -0.1) is 0 Å². The lowest BCUT2D eigenvalue weighted by Gasteiger charge is -2.17. The predicted octanol–water partition coefficient (Wildman–Crippen LogP) is 2.64. The molecule has 1 N–H and O–H groups in total. The van der Waals surface area contributed by atoms with Crippen LogP contribution in [0, 0.1) is 6.92 Å². The highest BCUT2D eigenvalue weighted by molar-refractivity contribution is 5.17. The Morgan fingerprint density at radius 2 is 1.90 bits per heavy atom. The molecule has 0 saturated carbocycles. The summed E-state index contributed by atoms with van der Waals surface area (Å²) < 4.78 is 0. The zero-order valence-corrected chi connectivity index (χ0v) is 12.4. The lowest BCUT2D eigenvalue weighted by atomic mass is 10.1. The van der Waals surface area contributed by atoms with E-state index in [1.54, 1.807) is 0 Å². The van der Waals surface area contributed by atoms with Crippen LogP contribution in [-0.4, -0.2) is 21.5 Å². The van der Waals surface area contributed by atoms with Gasteiger partial charge in [0.2, 0.25) is 0 Å². The van der Waals surface area contributed by atoms with Gasteiger partial charge >= 0.3 is 0 Å². The van der Waals surface area contributed by atoms with Crippen molar-refractivity contribution in [1.82, 2.24) is 20.3 Å². The van der Waals surface area contributed by atoms with Crippen LogP contribution in [0.1, 0.15) is 42.5 Å². The highest BCUT2D eigenvalue weighted by Gasteiger charge is 2.13. The Kier molecular flexibility index (Phi) is 5.18. The van der Waals surface area contributed by atoms with Gasteiger partial charge in [-0.3, -0.25) is 15.0 Å². The minimum absolute atomic E-state index is 0.160. The Bertz CT molecular complexity index is 519. The molecule has 2 rings (SSSR count). The van der Waals surface area contributed by atoms with Crippen molar-refractivity contribution in [2.24, 2.45) is 0 Å². The number of rotatable bonds is 6. The molecule has 2 heterocycles. The fourth-order valence-electron chi connectivity index (χ4n) is 2.10. The van der Waals surface area contributed by atoms with E-state index in [1.807, 2.05) is 25.5 Å². The molecule has 0 aliphatic carbocycles. The molecule has 0 aliphatic heterocycles. The van der Waals surface area contributed by atoms with E-state index in [0.29, 0.717) is 0 Å². The Balaban J connectivity index is 2.13. The number of aromatic nitrogens is 3. The second-order valence-corrected chi connectivity index (χ2v) is 4.91. The van der Waals surface area contributed by atoms with E-state index in [4.69, 9.17) is 0 Å². The highest BCUT2D eigenvalue weighted by atomic mass is 14.9. The summed E-state index contributed by atoms with van der Waals surface area (Å²) in [6.07, 6.45) is 7.47. The van der Waals surface area contributed by atoms with E-state index in [2.05, 4.69) is 46.2 Å². The minimum Gasteiger partial charge on any atom is -0.309 e. The first kappa shape index (κ1) is 14.6. The molecule has 4 nitrogen and oxygen atoms in total. The molecule has 4 heteroatoms. The predicted molar refractivity (Wildman–Crippen MR) is 80.5 cm³/mol. The summed E-state index contributed by atoms with van der Waals surface area (Å²) in [6, 6.07) is 4.41. The zero-order valence-electron chi connectivity index (χ0n) is 12.4. The zero-order chi connectivity index (χ0) is 14.4. The Hall–Kier alpha value is -1.81. The molecule has 106 valence electrons. The van der Waals surface area contributed by atoms with E-state index < -0.39 is 0 Å². The summed E-state index contributed by atoms with van der Waals surface area (Å²) in [5.74, 6) is 0. The van der Waals surface area contributed by atoms with Gasteiger partial charge in [0.25, 0.3) is 0 Å². The molecule has 0 aromatic carbocycles. The normalized spacial score (nSPS) is 12.3. The van der Waals surface area contributed by atoms with Crippen LogP contribution in [0.5, 0.6) is 0 Å². The van der Waals surface area contributed by atoms with Crippen LogP contribution in [-0.2, 0) is 12.8 Å². The minimum atomic E-state index is 0.160. The Morgan fingerprint density at radius 1 is 1.05 bits per heavy atom. The molecule has 2 aromatic heterocycles. The first-order valence-corrected chi connectivity index (χ1v) is 7.18. The lowest BCUT2D eigenvalue weighted by Crippen LogP contribution is -2.24. The summed E-state index contributed by atoms with van der Waals surface area (Å²) in [5, 5.41) is 3.45. The van der Waals surface area contributed by atoms with Crippen LogP contribution >= 0.6 is 0 Å². The van der Waals surface area contributed by atoms with Crippen molar-refractivity contribution in [3.05, 3.63) is 53.4 Å². The molecule has 0 saturated heterocycles. The van der Waals surface area contributed by atoms with Crippen molar-refractivity contribution in [2.45, 2.75) is 39.7 Å². The third-order valence-corrected chi connectivity index (χ3v) is 3.32. The van der Waals surface area contributed by atoms with E-state index in [1.165, 1.54) is 5.56 Å². The molecule has 1 atom stereocenters. The molecule has 0 bridgehead atoms. The van der Waals surface area contributed by atoms with Gasteiger partial charge in [-0.25, -0.2) is 0 Å². The molecule has 1 unspecified atom stereocenters. The summed E-state index contributed by atoms with van der Waals surface area (Å²) in [4.78, 5) is 13.3. The van der Waals surface area contributed by atoms with E-state index in [0.717, 1.165) is 36.5 Å². The number of hydrogen-bond acceptors (Lipinski definition) is 4. The van der Waals surface area contributed by atoms with Crippen molar-refractivity contribution in [1.29, 1.82) is 0 Å².